The molecular formula is C16H16Cl2N4O3. The van der Waals surface area contributed by atoms with Crippen molar-refractivity contribution in [1.82, 2.24) is 15.3 Å². The lowest BCUT2D eigenvalue weighted by molar-refractivity contribution is 0.0933. The van der Waals surface area contributed by atoms with E-state index in [1.807, 2.05) is 17.1 Å². The van der Waals surface area contributed by atoms with Crippen LogP contribution in [0.1, 0.15) is 41.2 Å². The first-order chi connectivity index (χ1) is 11.8. The molecule has 1 heterocycles. The van der Waals surface area contributed by atoms with Gasteiger partial charge in [-0.25, -0.2) is 4.79 Å². The van der Waals surface area contributed by atoms with E-state index in [-0.39, 0.29) is 23.3 Å². The van der Waals surface area contributed by atoms with Crippen LogP contribution in [0.5, 0.6) is 0 Å². The highest BCUT2D eigenvalue weighted by Gasteiger charge is 2.28. The molecule has 1 aliphatic carbocycles. The Labute approximate surface area is 152 Å². The van der Waals surface area contributed by atoms with Crippen LogP contribution in [0.2, 0.25) is 10.0 Å². The third-order valence-electron chi connectivity index (χ3n) is 4.39. The molecule has 3 rings (SSSR count). The fourth-order valence-electron chi connectivity index (χ4n) is 3.11. The van der Waals surface area contributed by atoms with Crippen molar-refractivity contribution in [2.45, 2.75) is 31.2 Å². The third kappa shape index (κ3) is 3.72. The van der Waals surface area contributed by atoms with Gasteiger partial charge in [0.05, 0.1) is 10.0 Å². The van der Waals surface area contributed by atoms with Gasteiger partial charge >= 0.3 is 5.69 Å². The van der Waals surface area contributed by atoms with Gasteiger partial charge in [0, 0.05) is 6.04 Å². The Kier molecular flexibility index (Phi) is 4.87. The molecule has 1 saturated carbocycles. The number of aromatic amines is 2. The largest absolute Gasteiger partial charge is 0.392 e. The first-order valence-electron chi connectivity index (χ1n) is 7.73. The minimum Gasteiger partial charge on any atom is -0.392 e. The van der Waals surface area contributed by atoms with Gasteiger partial charge in [-0.1, -0.05) is 29.3 Å². The lowest BCUT2D eigenvalue weighted by atomic mass is 9.97. The van der Waals surface area contributed by atoms with Crippen molar-refractivity contribution in [3.05, 3.63) is 60.3 Å². The molecule has 0 bridgehead atoms. The van der Waals surface area contributed by atoms with Gasteiger partial charge in [0.2, 0.25) is 0 Å². The summed E-state index contributed by atoms with van der Waals surface area (Å²) in [6.07, 6.45) is 2.37. The number of nitrogen functional groups attached to an aromatic ring is 1. The number of carbonyl (C=O) groups is 1. The molecule has 0 spiro atoms. The predicted molar refractivity (Wildman–Crippen MR) is 96.4 cm³/mol. The average molecular weight is 383 g/mol. The number of nitrogens with two attached hydrogens (primary N) is 1. The maximum Gasteiger partial charge on any atom is 0.326 e. The van der Waals surface area contributed by atoms with E-state index in [0.717, 1.165) is 24.8 Å². The van der Waals surface area contributed by atoms with Crippen LogP contribution in [0.15, 0.2) is 27.8 Å². The lowest BCUT2D eigenvalue weighted by Gasteiger charge is -2.14. The van der Waals surface area contributed by atoms with Crippen molar-refractivity contribution >= 4 is 34.8 Å². The predicted octanol–water partition coefficient (Wildman–Crippen LogP) is 2.02. The lowest BCUT2D eigenvalue weighted by Crippen LogP contribution is -2.37. The number of nitrogens with one attached hydrogen (secondary N) is 3. The molecule has 0 radical (unpaired) electrons. The van der Waals surface area contributed by atoms with E-state index < -0.39 is 17.2 Å². The molecule has 5 N–H and O–H groups in total. The van der Waals surface area contributed by atoms with Crippen molar-refractivity contribution in [3.63, 3.8) is 0 Å². The van der Waals surface area contributed by atoms with E-state index in [1.54, 1.807) is 6.07 Å². The molecule has 1 amide bonds. The van der Waals surface area contributed by atoms with E-state index >= 15 is 0 Å². The standard InChI is InChI=1S/C16H16Cl2N4O3/c17-10-4-2-8(6-11(10)18)7-1-3-9(5-7)20-15(24)13-12(19)14(23)22-16(25)21-13/h2,4,6-7,9H,1,3,5,19H2,(H,20,24)(H2,21,22,23,25)/t7-,9+/m1/s1. The van der Waals surface area contributed by atoms with E-state index in [1.165, 1.54) is 0 Å². The second-order valence-electron chi connectivity index (χ2n) is 6.05. The molecule has 0 aliphatic heterocycles. The Balaban J connectivity index is 1.71. The normalized spacial score (nSPS) is 19.8. The Morgan fingerprint density at radius 2 is 1.92 bits per heavy atom. The zero-order valence-corrected chi connectivity index (χ0v) is 14.6. The fraction of sp³-hybridized carbons (Fsp3) is 0.312. The van der Waals surface area contributed by atoms with E-state index in [4.69, 9.17) is 28.9 Å². The molecule has 0 saturated heterocycles. The SMILES string of the molecule is Nc1c(C(=O)N[C@H]2CC[C@@H](c3ccc(Cl)c(Cl)c3)C2)[nH]c(=O)[nH]c1=O. The molecular weight excluding hydrogens is 367 g/mol. The molecule has 25 heavy (non-hydrogen) atoms. The van der Waals surface area contributed by atoms with Crippen LogP contribution >= 0.6 is 23.2 Å². The zero-order valence-electron chi connectivity index (χ0n) is 13.1. The average Bonchev–Trinajstić information content (AvgIpc) is 3.01. The number of hydrogen-bond donors (Lipinski definition) is 4. The summed E-state index contributed by atoms with van der Waals surface area (Å²) in [5.41, 5.74) is 4.56. The maximum absolute atomic E-state index is 12.3. The summed E-state index contributed by atoms with van der Waals surface area (Å²) in [4.78, 5) is 39.4. The van der Waals surface area contributed by atoms with Gasteiger partial charge in [0.15, 0.2) is 0 Å². The first kappa shape index (κ1) is 17.6. The van der Waals surface area contributed by atoms with E-state index in [2.05, 4.69) is 10.3 Å². The molecule has 7 nitrogen and oxygen atoms in total. The Morgan fingerprint density at radius 3 is 2.64 bits per heavy atom. The highest BCUT2D eigenvalue weighted by molar-refractivity contribution is 6.42. The summed E-state index contributed by atoms with van der Waals surface area (Å²) in [5.74, 6) is -0.323. The van der Waals surface area contributed by atoms with Crippen molar-refractivity contribution in [3.8, 4) is 0 Å². The van der Waals surface area contributed by atoms with Crippen LogP contribution < -0.4 is 22.3 Å². The number of hydrogen-bond acceptors (Lipinski definition) is 4. The summed E-state index contributed by atoms with van der Waals surface area (Å²) in [7, 11) is 0. The number of aromatic nitrogens is 2. The molecule has 9 heteroatoms. The second-order valence-corrected chi connectivity index (χ2v) is 6.87. The summed E-state index contributed by atoms with van der Waals surface area (Å²) < 4.78 is 0. The number of benzene rings is 1. The molecule has 1 aromatic heterocycles. The van der Waals surface area contributed by atoms with Crippen LogP contribution in [0, 0.1) is 0 Å². The number of amides is 1. The van der Waals surface area contributed by atoms with Crippen LogP contribution in [0.25, 0.3) is 0 Å². The summed E-state index contributed by atoms with van der Waals surface area (Å²) in [5, 5.41) is 3.82. The molecule has 2 aromatic rings. The molecule has 1 aliphatic rings. The Hall–Kier alpha value is -2.25. The molecule has 0 unspecified atom stereocenters. The van der Waals surface area contributed by atoms with Crippen molar-refractivity contribution in [2.75, 3.05) is 5.73 Å². The van der Waals surface area contributed by atoms with Gasteiger partial charge in [-0.15, -0.1) is 0 Å². The molecule has 132 valence electrons. The molecule has 1 aromatic carbocycles. The van der Waals surface area contributed by atoms with Crippen LogP contribution in [0.3, 0.4) is 0 Å². The topological polar surface area (TPSA) is 121 Å². The molecule has 1 fully saturated rings. The first-order valence-corrected chi connectivity index (χ1v) is 8.48. The van der Waals surface area contributed by atoms with E-state index in [9.17, 15) is 14.4 Å². The van der Waals surface area contributed by atoms with E-state index in [0.29, 0.717) is 10.0 Å². The van der Waals surface area contributed by atoms with Crippen LogP contribution in [-0.4, -0.2) is 21.9 Å². The van der Waals surface area contributed by atoms with Gasteiger partial charge in [0.1, 0.15) is 11.4 Å². The summed E-state index contributed by atoms with van der Waals surface area (Å²) in [6.45, 7) is 0. The number of halogens is 2. The number of anilines is 1. The third-order valence-corrected chi connectivity index (χ3v) is 5.13. The van der Waals surface area contributed by atoms with Crippen molar-refractivity contribution in [1.29, 1.82) is 0 Å². The Bertz CT molecular complexity index is 938. The highest BCUT2D eigenvalue weighted by atomic mass is 35.5. The Morgan fingerprint density at radius 1 is 1.16 bits per heavy atom. The summed E-state index contributed by atoms with van der Waals surface area (Å²) >= 11 is 12.0. The minimum absolute atomic E-state index is 0.0888. The van der Waals surface area contributed by atoms with Gasteiger partial charge in [-0.05, 0) is 42.9 Å². The van der Waals surface area contributed by atoms with Crippen LogP contribution in [0.4, 0.5) is 5.69 Å². The highest BCUT2D eigenvalue weighted by Crippen LogP contribution is 2.36. The number of rotatable bonds is 3. The maximum atomic E-state index is 12.3. The zero-order chi connectivity index (χ0) is 18.1. The second kappa shape index (κ2) is 6.93. The smallest absolute Gasteiger partial charge is 0.326 e. The fourth-order valence-corrected chi connectivity index (χ4v) is 3.42. The van der Waals surface area contributed by atoms with Crippen molar-refractivity contribution in [2.24, 2.45) is 0 Å². The quantitative estimate of drug-likeness (QED) is 0.648. The molecule has 2 atom stereocenters. The van der Waals surface area contributed by atoms with Gasteiger partial charge in [0.25, 0.3) is 11.5 Å². The minimum atomic E-state index is -0.783. The van der Waals surface area contributed by atoms with Crippen LogP contribution in [-0.2, 0) is 0 Å². The van der Waals surface area contributed by atoms with Gasteiger partial charge in [-0.3, -0.25) is 14.6 Å². The summed E-state index contributed by atoms with van der Waals surface area (Å²) in [6, 6.07) is 5.43. The van der Waals surface area contributed by atoms with Crippen molar-refractivity contribution < 1.29 is 4.79 Å². The number of H-pyrrole nitrogens is 2. The monoisotopic (exact) mass is 382 g/mol. The van der Waals surface area contributed by atoms with Gasteiger partial charge in [-0.2, -0.15) is 0 Å². The number of carbonyl (C=O) groups excluding carboxylic acids is 1. The van der Waals surface area contributed by atoms with Gasteiger partial charge < -0.3 is 16.0 Å².